The lowest BCUT2D eigenvalue weighted by Crippen LogP contribution is -2.71. The Morgan fingerprint density at radius 1 is 0.966 bits per heavy atom. The van der Waals surface area contributed by atoms with Gasteiger partial charge in [-0.1, -0.05) is 120 Å². The maximum atomic E-state index is 13.9. The molecule has 2 atom stereocenters. The number of carbonyl (C=O) groups excluding carboxylic acids is 3. The molecule has 7 rings (SSSR count). The smallest absolute Gasteiger partial charge is 0.355 e. The van der Waals surface area contributed by atoms with Crippen LogP contribution in [-0.2, 0) is 36.1 Å². The summed E-state index contributed by atoms with van der Waals surface area (Å²) in [6.45, 7) is -1.34. The van der Waals surface area contributed by atoms with Gasteiger partial charge in [-0.3, -0.25) is 14.5 Å². The molecular weight excluding hydrogens is 801 g/mol. The van der Waals surface area contributed by atoms with E-state index >= 15 is 0 Å². The van der Waals surface area contributed by atoms with Gasteiger partial charge in [0.15, 0.2) is 10.8 Å². The molecule has 1 fully saturated rings. The van der Waals surface area contributed by atoms with Gasteiger partial charge in [0, 0.05) is 17.0 Å². The van der Waals surface area contributed by atoms with Crippen LogP contribution in [0, 0.1) is 0 Å². The molecule has 2 aliphatic rings. The van der Waals surface area contributed by atoms with Crippen molar-refractivity contribution < 1.29 is 33.1 Å². The lowest BCUT2D eigenvalue weighted by molar-refractivity contribution is -0.153. The van der Waals surface area contributed by atoms with E-state index in [0.29, 0.717) is 22.2 Å². The average molecular weight is 838 g/mol. The zero-order chi connectivity index (χ0) is 40.5. The lowest BCUT2D eigenvalue weighted by Gasteiger charge is -2.49. The number of fused-ring (bicyclic) bond motifs is 1. The molecule has 296 valence electrons. The summed E-state index contributed by atoms with van der Waals surface area (Å²) in [5, 5.41) is 11.6. The number of carbonyl (C=O) groups is 3. The number of hydrogen-bond donors (Lipinski definition) is 2. The van der Waals surface area contributed by atoms with Gasteiger partial charge in [-0.15, -0.1) is 34.7 Å². The van der Waals surface area contributed by atoms with E-state index in [0.717, 1.165) is 22.3 Å². The van der Waals surface area contributed by atoms with Crippen LogP contribution in [0.3, 0.4) is 0 Å². The van der Waals surface area contributed by atoms with E-state index in [-0.39, 0.29) is 29.6 Å². The number of halogens is 2. The van der Waals surface area contributed by atoms with E-state index in [9.17, 15) is 18.8 Å². The molecule has 1 saturated heterocycles. The van der Waals surface area contributed by atoms with Crippen LogP contribution in [0.5, 0.6) is 5.75 Å². The number of methoxy groups -OCH3 is 1. The summed E-state index contributed by atoms with van der Waals surface area (Å²) in [5.41, 5.74) is 3.01. The Bertz CT molecular complexity index is 2230. The molecule has 1 aromatic heterocycles. The SMILES string of the molecule is COc1ccc(COC(=O)C2=C(/C=C\CCl)CS[C@@H]3[C@H](NC(=O)/C(=N\OCF)c4csc(NC(c5ccccc5)(c5ccccc5)c5ccccc5)n4)C(=O)N23)cc1. The summed E-state index contributed by atoms with van der Waals surface area (Å²) >= 11 is 8.49. The van der Waals surface area contributed by atoms with Gasteiger partial charge < -0.3 is 24.9 Å². The number of esters is 1. The largest absolute Gasteiger partial charge is 0.497 e. The maximum Gasteiger partial charge on any atom is 0.355 e. The Labute approximate surface area is 347 Å². The van der Waals surface area contributed by atoms with Gasteiger partial charge in [-0.2, -0.15) is 0 Å². The highest BCUT2D eigenvalue weighted by molar-refractivity contribution is 8.00. The number of thiazole rings is 1. The minimum Gasteiger partial charge on any atom is -0.497 e. The number of aromatic nitrogens is 1. The molecule has 0 bridgehead atoms. The number of amides is 2. The first-order valence-corrected chi connectivity index (χ1v) is 20.5. The molecule has 0 radical (unpaired) electrons. The first-order valence-electron chi connectivity index (χ1n) is 18.1. The third-order valence-corrected chi connectivity index (χ3v) is 11.7. The number of nitrogens with one attached hydrogen (secondary N) is 2. The minimum absolute atomic E-state index is 0.0408. The van der Waals surface area contributed by atoms with E-state index < -0.39 is 41.6 Å². The molecule has 3 heterocycles. The second kappa shape index (κ2) is 18.5. The zero-order valence-corrected chi connectivity index (χ0v) is 33.4. The van der Waals surface area contributed by atoms with E-state index in [1.807, 2.05) is 91.0 Å². The molecule has 2 N–H and O–H groups in total. The summed E-state index contributed by atoms with van der Waals surface area (Å²) in [4.78, 5) is 52.1. The fraction of sp³-hybridized carbons (Fsp3) is 0.186. The second-order valence-electron chi connectivity index (χ2n) is 12.9. The van der Waals surface area contributed by atoms with E-state index in [1.165, 1.54) is 28.0 Å². The van der Waals surface area contributed by atoms with Crippen molar-refractivity contribution in [3.63, 3.8) is 0 Å². The number of hydrogen-bond acceptors (Lipinski definition) is 11. The molecule has 0 aliphatic carbocycles. The Morgan fingerprint density at radius 3 is 2.16 bits per heavy atom. The van der Waals surface area contributed by atoms with E-state index in [2.05, 4.69) is 15.8 Å². The molecule has 4 aromatic carbocycles. The fourth-order valence-corrected chi connectivity index (χ4v) is 8.93. The number of benzene rings is 4. The van der Waals surface area contributed by atoms with Crippen LogP contribution in [-0.4, -0.2) is 70.4 Å². The highest BCUT2D eigenvalue weighted by Gasteiger charge is 2.54. The van der Waals surface area contributed by atoms with Gasteiger partial charge in [0.2, 0.25) is 0 Å². The lowest BCUT2D eigenvalue weighted by atomic mass is 9.77. The zero-order valence-electron chi connectivity index (χ0n) is 31.0. The van der Waals surface area contributed by atoms with Crippen molar-refractivity contribution in [2.75, 3.05) is 30.9 Å². The molecule has 15 heteroatoms. The van der Waals surface area contributed by atoms with Crippen LogP contribution in [0.4, 0.5) is 9.52 Å². The van der Waals surface area contributed by atoms with Crippen molar-refractivity contribution in [2.24, 2.45) is 5.16 Å². The molecule has 0 unspecified atom stereocenters. The Balaban J connectivity index is 1.13. The summed E-state index contributed by atoms with van der Waals surface area (Å²) in [5.74, 6) is -0.869. The van der Waals surface area contributed by atoms with Crippen molar-refractivity contribution in [3.05, 3.63) is 172 Å². The number of ether oxygens (including phenoxy) is 2. The van der Waals surface area contributed by atoms with Crippen LogP contribution < -0.4 is 15.4 Å². The Kier molecular flexibility index (Phi) is 12.9. The predicted molar refractivity (Wildman–Crippen MR) is 223 cm³/mol. The summed E-state index contributed by atoms with van der Waals surface area (Å²) < 4.78 is 24.2. The standard InChI is InChI=1S/C43H37ClFN5O6S2/c1-54-33-21-19-28(20-22-33)24-55-41(53)37-29(12-11-23-44)25-57-40-36(39(52)50(37)40)47-38(51)35(49-56-27-45)34-26-58-42(46-34)48-43(30-13-5-2-6-14-30,31-15-7-3-8-16-31)32-17-9-4-10-18-32/h2-22,26,36,40H,23-25,27H2,1H3,(H,46,48)(H,47,51)/b12-11-,49-35-/t36-,40-/m1/s1. The highest BCUT2D eigenvalue weighted by atomic mass is 35.5. The Hall–Kier alpha value is -5.96. The first kappa shape index (κ1) is 40.2. The van der Waals surface area contributed by atoms with Gasteiger partial charge in [0.05, 0.1) is 7.11 Å². The van der Waals surface area contributed by atoms with Gasteiger partial charge in [0.1, 0.15) is 40.7 Å². The summed E-state index contributed by atoms with van der Waals surface area (Å²) in [7, 11) is 1.56. The predicted octanol–water partition coefficient (Wildman–Crippen LogP) is 7.40. The van der Waals surface area contributed by atoms with Crippen molar-refractivity contribution in [1.29, 1.82) is 0 Å². The molecule has 0 spiro atoms. The summed E-state index contributed by atoms with van der Waals surface area (Å²) in [6, 6.07) is 35.8. The molecule has 0 saturated carbocycles. The van der Waals surface area contributed by atoms with Crippen molar-refractivity contribution in [3.8, 4) is 5.75 Å². The first-order chi connectivity index (χ1) is 28.4. The van der Waals surface area contributed by atoms with Gasteiger partial charge in [0.25, 0.3) is 18.7 Å². The average Bonchev–Trinajstić information content (AvgIpc) is 3.74. The van der Waals surface area contributed by atoms with Crippen LogP contribution >= 0.6 is 34.7 Å². The van der Waals surface area contributed by atoms with Gasteiger partial charge in [-0.25, -0.2) is 14.2 Å². The number of oxime groups is 1. The third kappa shape index (κ3) is 8.35. The normalized spacial score (nSPS) is 16.7. The van der Waals surface area contributed by atoms with E-state index in [1.54, 1.807) is 48.9 Å². The van der Waals surface area contributed by atoms with Crippen molar-refractivity contribution >= 4 is 63.3 Å². The third-order valence-electron chi connectivity index (χ3n) is 9.50. The topological polar surface area (TPSA) is 131 Å². The van der Waals surface area contributed by atoms with Gasteiger partial charge in [-0.05, 0) is 40.0 Å². The fourth-order valence-electron chi connectivity index (χ4n) is 6.77. The van der Waals surface area contributed by atoms with Crippen LogP contribution in [0.25, 0.3) is 0 Å². The summed E-state index contributed by atoms with van der Waals surface area (Å²) in [6.07, 6.45) is 3.36. The van der Waals surface area contributed by atoms with Crippen molar-refractivity contribution in [2.45, 2.75) is 23.6 Å². The molecule has 11 nitrogen and oxygen atoms in total. The highest BCUT2D eigenvalue weighted by Crippen LogP contribution is 2.42. The molecule has 5 aromatic rings. The quantitative estimate of drug-likeness (QED) is 0.0261. The van der Waals surface area contributed by atoms with Crippen LogP contribution in [0.1, 0.15) is 27.9 Å². The number of allylic oxidation sites excluding steroid dienone is 2. The number of β-lactam (4-membered cyclic amide) rings is 1. The van der Waals surface area contributed by atoms with Crippen molar-refractivity contribution in [1.82, 2.24) is 15.2 Å². The second-order valence-corrected chi connectivity index (χ2v) is 15.2. The maximum absolute atomic E-state index is 13.9. The van der Waals surface area contributed by atoms with Crippen LogP contribution in [0.15, 0.2) is 149 Å². The molecule has 2 aliphatic heterocycles. The monoisotopic (exact) mass is 837 g/mol. The molecule has 58 heavy (non-hydrogen) atoms. The number of thioether (sulfide) groups is 1. The number of anilines is 1. The van der Waals surface area contributed by atoms with E-state index in [4.69, 9.17) is 30.9 Å². The molecule has 2 amide bonds. The number of rotatable bonds is 16. The minimum atomic E-state index is -1.30. The molecular formula is C43H37ClFN5O6S2. The van der Waals surface area contributed by atoms with Gasteiger partial charge >= 0.3 is 5.97 Å². The number of nitrogens with zero attached hydrogens (tertiary/aromatic N) is 3. The van der Waals surface area contributed by atoms with Crippen LogP contribution in [0.2, 0.25) is 0 Å². The Morgan fingerprint density at radius 2 is 1.59 bits per heavy atom. The number of alkyl halides is 2.